The molecule has 7 nitrogen and oxygen atoms in total. The molecule has 10 heteroatoms. The van der Waals surface area contributed by atoms with E-state index in [0.29, 0.717) is 12.1 Å². The van der Waals surface area contributed by atoms with Gasteiger partial charge in [-0.25, -0.2) is 4.79 Å². The Labute approximate surface area is 153 Å². The summed E-state index contributed by atoms with van der Waals surface area (Å²) in [6.07, 6.45) is -4.24. The summed E-state index contributed by atoms with van der Waals surface area (Å²) < 4.78 is 38.8. The minimum Gasteiger partial charge on any atom is -0.481 e. The quantitative estimate of drug-likeness (QED) is 0.721. The number of carboxylic acids is 1. The lowest BCUT2D eigenvalue weighted by Crippen LogP contribution is -2.40. The number of alkyl halides is 3. The highest BCUT2D eigenvalue weighted by Crippen LogP contribution is 2.37. The predicted molar refractivity (Wildman–Crippen MR) is 90.1 cm³/mol. The number of anilines is 1. The summed E-state index contributed by atoms with van der Waals surface area (Å²) in [5, 5.41) is 14.1. The Morgan fingerprint density at radius 1 is 1.19 bits per heavy atom. The molecule has 1 aliphatic heterocycles. The number of amides is 3. The van der Waals surface area contributed by atoms with Gasteiger partial charge in [-0.3, -0.25) is 9.59 Å². The first kappa shape index (κ1) is 20.5. The number of hydrogen-bond acceptors (Lipinski definition) is 3. The van der Waals surface area contributed by atoms with Gasteiger partial charge in [0.15, 0.2) is 0 Å². The molecule has 0 aliphatic carbocycles. The summed E-state index contributed by atoms with van der Waals surface area (Å²) in [5.41, 5.74) is 1.49. The molecular weight excluding hydrogens is 367 g/mol. The molecule has 27 heavy (non-hydrogen) atoms. The van der Waals surface area contributed by atoms with Gasteiger partial charge in [-0.15, -0.1) is 0 Å². The Balaban J connectivity index is 1.85. The second-order valence-corrected chi connectivity index (χ2v) is 6.36. The fraction of sp³-hybridized carbons (Fsp3) is 0.471. The minimum atomic E-state index is -4.67. The van der Waals surface area contributed by atoms with E-state index in [1.54, 1.807) is 24.3 Å². The molecule has 3 N–H and O–H groups in total. The van der Waals surface area contributed by atoms with Gasteiger partial charge < -0.3 is 20.6 Å². The SMILES string of the molecule is CC(=O)Nc1ccc(CCNC(=O)N2C[C@@H](C(F)(F)F)[C@H](C(=O)O)C2)cc1. The summed E-state index contributed by atoms with van der Waals surface area (Å²) in [7, 11) is 0. The van der Waals surface area contributed by atoms with Crippen molar-refractivity contribution in [3.05, 3.63) is 29.8 Å². The molecule has 1 fully saturated rings. The summed E-state index contributed by atoms with van der Waals surface area (Å²) in [6.45, 7) is 0.428. The number of carbonyl (C=O) groups is 3. The maximum atomic E-state index is 12.9. The van der Waals surface area contributed by atoms with Crippen molar-refractivity contribution in [1.29, 1.82) is 0 Å². The molecule has 3 amide bonds. The molecule has 1 aliphatic rings. The van der Waals surface area contributed by atoms with Gasteiger partial charge in [0, 0.05) is 32.2 Å². The molecule has 0 radical (unpaired) electrons. The van der Waals surface area contributed by atoms with E-state index in [0.717, 1.165) is 10.5 Å². The average Bonchev–Trinajstić information content (AvgIpc) is 3.02. The Hall–Kier alpha value is -2.78. The fourth-order valence-corrected chi connectivity index (χ4v) is 2.94. The van der Waals surface area contributed by atoms with E-state index in [4.69, 9.17) is 5.11 Å². The van der Waals surface area contributed by atoms with E-state index in [1.807, 2.05) is 0 Å². The number of halogens is 3. The number of benzene rings is 1. The van der Waals surface area contributed by atoms with Gasteiger partial charge in [-0.05, 0) is 24.1 Å². The van der Waals surface area contributed by atoms with E-state index < -0.39 is 43.1 Å². The average molecular weight is 387 g/mol. The van der Waals surface area contributed by atoms with E-state index in [2.05, 4.69) is 10.6 Å². The second-order valence-electron chi connectivity index (χ2n) is 6.36. The molecule has 2 atom stereocenters. The van der Waals surface area contributed by atoms with Crippen molar-refractivity contribution in [2.45, 2.75) is 19.5 Å². The Morgan fingerprint density at radius 2 is 1.81 bits per heavy atom. The van der Waals surface area contributed by atoms with Crippen LogP contribution >= 0.6 is 0 Å². The van der Waals surface area contributed by atoms with E-state index >= 15 is 0 Å². The van der Waals surface area contributed by atoms with Gasteiger partial charge in [0.05, 0.1) is 11.8 Å². The van der Waals surface area contributed by atoms with Gasteiger partial charge >= 0.3 is 18.2 Å². The molecule has 0 aromatic heterocycles. The lowest BCUT2D eigenvalue weighted by atomic mass is 9.96. The maximum absolute atomic E-state index is 12.9. The minimum absolute atomic E-state index is 0.184. The number of urea groups is 1. The summed E-state index contributed by atoms with van der Waals surface area (Å²) in [6, 6.07) is 6.19. The largest absolute Gasteiger partial charge is 0.481 e. The molecular formula is C17H20F3N3O4. The van der Waals surface area contributed by atoms with Crippen molar-refractivity contribution in [3.63, 3.8) is 0 Å². The molecule has 2 rings (SSSR count). The van der Waals surface area contributed by atoms with Crippen LogP contribution in [0.5, 0.6) is 0 Å². The first-order valence-corrected chi connectivity index (χ1v) is 8.26. The molecule has 1 aromatic carbocycles. The Morgan fingerprint density at radius 3 is 2.30 bits per heavy atom. The molecule has 0 unspecified atom stereocenters. The second kappa shape index (κ2) is 8.28. The number of nitrogens with one attached hydrogen (secondary N) is 2. The van der Waals surface area contributed by atoms with Crippen LogP contribution in [-0.4, -0.2) is 53.7 Å². The van der Waals surface area contributed by atoms with Crippen molar-refractivity contribution in [1.82, 2.24) is 10.2 Å². The van der Waals surface area contributed by atoms with Crippen LogP contribution in [-0.2, 0) is 16.0 Å². The molecule has 1 heterocycles. The maximum Gasteiger partial charge on any atom is 0.394 e. The van der Waals surface area contributed by atoms with Crippen LogP contribution in [0.4, 0.5) is 23.7 Å². The molecule has 0 saturated carbocycles. The van der Waals surface area contributed by atoms with Crippen molar-refractivity contribution in [3.8, 4) is 0 Å². The van der Waals surface area contributed by atoms with Crippen LogP contribution in [0.3, 0.4) is 0 Å². The van der Waals surface area contributed by atoms with E-state index in [-0.39, 0.29) is 12.5 Å². The van der Waals surface area contributed by atoms with Crippen molar-refractivity contribution in [2.24, 2.45) is 11.8 Å². The monoisotopic (exact) mass is 387 g/mol. The van der Waals surface area contributed by atoms with Gasteiger partial charge in [0.25, 0.3) is 0 Å². The lowest BCUT2D eigenvalue weighted by Gasteiger charge is -2.18. The molecule has 0 spiro atoms. The van der Waals surface area contributed by atoms with Crippen LogP contribution in [0.25, 0.3) is 0 Å². The molecule has 1 aromatic rings. The summed E-state index contributed by atoms with van der Waals surface area (Å²) >= 11 is 0. The standard InChI is InChI=1S/C17H20F3N3O4/c1-10(24)22-12-4-2-11(3-5-12)6-7-21-16(27)23-8-13(15(25)26)14(9-23)17(18,19)20/h2-5,13-14H,6-9H2,1H3,(H,21,27)(H,22,24)(H,25,26)/t13-,14-/m1/s1. The molecule has 1 saturated heterocycles. The number of carbonyl (C=O) groups excluding carboxylic acids is 2. The zero-order valence-electron chi connectivity index (χ0n) is 14.5. The smallest absolute Gasteiger partial charge is 0.394 e. The number of likely N-dealkylation sites (tertiary alicyclic amines) is 1. The number of rotatable bonds is 5. The Bertz CT molecular complexity index is 706. The van der Waals surface area contributed by atoms with Gasteiger partial charge in [-0.1, -0.05) is 12.1 Å². The lowest BCUT2D eigenvalue weighted by molar-refractivity contribution is -0.187. The van der Waals surface area contributed by atoms with Gasteiger partial charge in [0.2, 0.25) is 5.91 Å². The van der Waals surface area contributed by atoms with Crippen molar-refractivity contribution >= 4 is 23.6 Å². The first-order valence-electron chi connectivity index (χ1n) is 8.26. The molecule has 148 valence electrons. The van der Waals surface area contributed by atoms with E-state index in [9.17, 15) is 27.6 Å². The third-order valence-corrected chi connectivity index (χ3v) is 4.31. The third kappa shape index (κ3) is 5.60. The Kier molecular flexibility index (Phi) is 6.29. The van der Waals surface area contributed by atoms with Crippen molar-refractivity contribution < 1.29 is 32.7 Å². The van der Waals surface area contributed by atoms with Crippen LogP contribution in [0.15, 0.2) is 24.3 Å². The fourth-order valence-electron chi connectivity index (χ4n) is 2.94. The zero-order valence-corrected chi connectivity index (χ0v) is 14.5. The highest BCUT2D eigenvalue weighted by Gasteiger charge is 2.53. The number of aliphatic carboxylic acids is 1. The summed E-state index contributed by atoms with van der Waals surface area (Å²) in [5.74, 6) is -5.48. The van der Waals surface area contributed by atoms with Gasteiger partial charge in [0.1, 0.15) is 0 Å². The highest BCUT2D eigenvalue weighted by atomic mass is 19.4. The van der Waals surface area contributed by atoms with Gasteiger partial charge in [-0.2, -0.15) is 13.2 Å². The molecule has 0 bridgehead atoms. The van der Waals surface area contributed by atoms with Crippen molar-refractivity contribution in [2.75, 3.05) is 25.0 Å². The number of carboxylic acid groups (broad SMARTS) is 1. The first-order chi connectivity index (χ1) is 12.6. The predicted octanol–water partition coefficient (Wildman–Crippen LogP) is 2.09. The van der Waals surface area contributed by atoms with Crippen LogP contribution in [0.2, 0.25) is 0 Å². The normalized spacial score (nSPS) is 19.6. The topological polar surface area (TPSA) is 98.7 Å². The number of hydrogen-bond donors (Lipinski definition) is 3. The zero-order chi connectivity index (χ0) is 20.2. The summed E-state index contributed by atoms with van der Waals surface area (Å²) in [4.78, 5) is 34.9. The number of nitrogens with zero attached hydrogens (tertiary/aromatic N) is 1. The van der Waals surface area contributed by atoms with Crippen LogP contribution in [0.1, 0.15) is 12.5 Å². The van der Waals surface area contributed by atoms with E-state index in [1.165, 1.54) is 6.92 Å². The van der Waals surface area contributed by atoms with Crippen LogP contribution in [0, 0.1) is 11.8 Å². The third-order valence-electron chi connectivity index (χ3n) is 4.31. The highest BCUT2D eigenvalue weighted by molar-refractivity contribution is 5.88. The van der Waals surface area contributed by atoms with Crippen LogP contribution < -0.4 is 10.6 Å².